The summed E-state index contributed by atoms with van der Waals surface area (Å²) in [6, 6.07) is 9.48. The number of nitrogens with zero attached hydrogens (tertiary/aromatic N) is 4. The van der Waals surface area contributed by atoms with E-state index in [-0.39, 0.29) is 34.7 Å². The van der Waals surface area contributed by atoms with Gasteiger partial charge in [0.05, 0.1) is 30.4 Å². The van der Waals surface area contributed by atoms with Gasteiger partial charge in [-0.05, 0) is 51.3 Å². The van der Waals surface area contributed by atoms with Gasteiger partial charge in [0.15, 0.2) is 0 Å². The number of hydrogen-bond donors (Lipinski definition) is 1. The number of alkyl halides is 5. The predicted molar refractivity (Wildman–Crippen MR) is 207 cm³/mol. The summed E-state index contributed by atoms with van der Waals surface area (Å²) in [7, 11) is 1.50. The molecule has 0 radical (unpaired) electrons. The number of benzene rings is 1. The number of likely N-dealkylation sites (tertiary alicyclic amines) is 1. The Bertz CT molecular complexity index is 1620. The van der Waals surface area contributed by atoms with Crippen LogP contribution in [0.15, 0.2) is 54.2 Å². The van der Waals surface area contributed by atoms with E-state index in [2.05, 4.69) is 14.6 Å². The summed E-state index contributed by atoms with van der Waals surface area (Å²) in [4.78, 5) is 45.5. The highest BCUT2D eigenvalue weighted by molar-refractivity contribution is 7.17. The van der Waals surface area contributed by atoms with Crippen LogP contribution in [0.1, 0.15) is 81.1 Å². The van der Waals surface area contributed by atoms with Gasteiger partial charge in [-0.2, -0.15) is 22.0 Å². The zero-order chi connectivity index (χ0) is 41.2. The fourth-order valence-electron chi connectivity index (χ4n) is 6.20. The molecule has 306 valence electrons. The van der Waals surface area contributed by atoms with Crippen LogP contribution >= 0.6 is 20.6 Å². The summed E-state index contributed by atoms with van der Waals surface area (Å²) in [5.74, 6) is -0.293. The summed E-state index contributed by atoms with van der Waals surface area (Å²) < 4.78 is 73.5. The molecule has 0 saturated carbocycles. The van der Waals surface area contributed by atoms with Crippen molar-refractivity contribution in [1.82, 2.24) is 14.8 Å². The molecule has 5 rings (SSSR count). The standard InChI is InChI=1S/C28H37F2N4O3P.C5H3F3OS.C3H6O2.C2H6/c1-3-8-23-20(9-7-14-34(23)27(36)21-19-31-13-12-22(21)28(29,30)38)26(35)33-17-15-32(16-18-33)24-10-5-6-11-25(24)37-4-2;6-5(7,8)4-1-3(9)2-10-4;1-2-5-3-4;1-2/h5-6,10-13,19-20,23H,3-4,7-9,14-18,38H2,1-2H3;1-2,9H;3H,2H2,1H3;1-2H3. The number of halogens is 5. The lowest BCUT2D eigenvalue weighted by Crippen LogP contribution is -2.56. The number of aromatic nitrogens is 1. The Kier molecular flexibility index (Phi) is 19.8. The Morgan fingerprint density at radius 2 is 1.69 bits per heavy atom. The molecule has 1 N–H and O–H groups in total. The fraction of sp³-hybridized carbons (Fsp3) is 0.526. The van der Waals surface area contributed by atoms with E-state index in [1.165, 1.54) is 27.7 Å². The third-order valence-electron chi connectivity index (χ3n) is 8.55. The van der Waals surface area contributed by atoms with Gasteiger partial charge in [-0.1, -0.05) is 48.6 Å². The maximum atomic E-state index is 14.2. The number of pyridine rings is 1. The fourth-order valence-corrected chi connectivity index (χ4v) is 7.09. The number of piperidine rings is 1. The third-order valence-corrected chi connectivity index (χ3v) is 9.82. The number of carbonyl (C=O) groups is 3. The van der Waals surface area contributed by atoms with Crippen LogP contribution in [0.5, 0.6) is 11.5 Å². The van der Waals surface area contributed by atoms with Gasteiger partial charge >= 0.3 is 6.18 Å². The number of hydrogen-bond acceptors (Lipinski definition) is 9. The minimum Gasteiger partial charge on any atom is -0.507 e. The predicted octanol–water partition coefficient (Wildman–Crippen LogP) is 8.45. The Morgan fingerprint density at radius 1 is 1.02 bits per heavy atom. The monoisotopic (exact) mass is 818 g/mol. The molecular weight excluding hydrogens is 766 g/mol. The molecule has 2 saturated heterocycles. The Balaban J connectivity index is 0.000000510. The summed E-state index contributed by atoms with van der Waals surface area (Å²) in [6.07, 6.45) is 0.894. The van der Waals surface area contributed by atoms with Gasteiger partial charge in [0.1, 0.15) is 16.4 Å². The van der Waals surface area contributed by atoms with Crippen molar-refractivity contribution in [2.45, 2.75) is 78.2 Å². The number of anilines is 1. The SMILES string of the molecule is CC.CCCC1C(C(=O)N2CCN(c3ccccc3OCC)CC2)CCCN1C(=O)c1cnccc1C(F)(F)P.CCOC=O.Oc1csc(C(F)(F)F)c1. The second kappa shape index (κ2) is 23.1. The van der Waals surface area contributed by atoms with Crippen LogP contribution in [-0.2, 0) is 26.2 Å². The van der Waals surface area contributed by atoms with Crippen molar-refractivity contribution in [3.05, 3.63) is 70.2 Å². The van der Waals surface area contributed by atoms with E-state index in [0.29, 0.717) is 89.1 Å². The number of piperazine rings is 1. The van der Waals surface area contributed by atoms with Crippen molar-refractivity contribution in [3.63, 3.8) is 0 Å². The van der Waals surface area contributed by atoms with Gasteiger partial charge in [-0.25, -0.2) is 0 Å². The normalized spacial score (nSPS) is 17.0. The molecule has 3 aromatic rings. The van der Waals surface area contributed by atoms with Crippen molar-refractivity contribution < 1.29 is 50.9 Å². The quantitative estimate of drug-likeness (QED) is 0.123. The van der Waals surface area contributed by atoms with Gasteiger partial charge in [-0.15, -0.1) is 11.3 Å². The largest absolute Gasteiger partial charge is 0.507 e. The van der Waals surface area contributed by atoms with Crippen LogP contribution in [0.25, 0.3) is 0 Å². The molecule has 2 aliphatic heterocycles. The average molecular weight is 819 g/mol. The van der Waals surface area contributed by atoms with Crippen LogP contribution in [-0.4, -0.2) is 90.2 Å². The summed E-state index contributed by atoms with van der Waals surface area (Å²) in [6.45, 7) is 14.2. The lowest BCUT2D eigenvalue weighted by Gasteiger charge is -2.44. The number of thiophene rings is 1. The molecule has 10 nitrogen and oxygen atoms in total. The van der Waals surface area contributed by atoms with Gasteiger partial charge < -0.3 is 29.3 Å². The highest BCUT2D eigenvalue weighted by Gasteiger charge is 2.42. The van der Waals surface area contributed by atoms with Crippen molar-refractivity contribution in [3.8, 4) is 11.5 Å². The maximum absolute atomic E-state index is 14.2. The van der Waals surface area contributed by atoms with Crippen molar-refractivity contribution in [2.75, 3.05) is 50.8 Å². The topological polar surface area (TPSA) is 113 Å². The van der Waals surface area contributed by atoms with Crippen LogP contribution in [0, 0.1) is 5.92 Å². The number of carbonyl (C=O) groups excluding carboxylic acids is 3. The lowest BCUT2D eigenvalue weighted by atomic mass is 9.84. The molecule has 2 aliphatic rings. The highest BCUT2D eigenvalue weighted by atomic mass is 32.1. The summed E-state index contributed by atoms with van der Waals surface area (Å²) in [5, 5.41) is 9.57. The molecule has 17 heteroatoms. The summed E-state index contributed by atoms with van der Waals surface area (Å²) in [5.41, 5.74) is -2.70. The zero-order valence-electron chi connectivity index (χ0n) is 31.9. The number of aromatic hydroxyl groups is 1. The first-order valence-electron chi connectivity index (χ1n) is 18.2. The van der Waals surface area contributed by atoms with Crippen LogP contribution < -0.4 is 9.64 Å². The number of amides is 2. The van der Waals surface area contributed by atoms with Crippen molar-refractivity contribution >= 4 is 44.6 Å². The Hall–Kier alpha value is -4.04. The second-order valence-corrected chi connectivity index (χ2v) is 13.7. The van der Waals surface area contributed by atoms with Crippen LogP contribution in [0.3, 0.4) is 0 Å². The molecule has 4 heterocycles. The molecule has 1 aromatic carbocycles. The van der Waals surface area contributed by atoms with E-state index in [1.807, 2.05) is 56.9 Å². The van der Waals surface area contributed by atoms with E-state index in [4.69, 9.17) is 9.84 Å². The smallest absolute Gasteiger partial charge is 0.425 e. The molecule has 2 fully saturated rings. The lowest BCUT2D eigenvalue weighted by molar-refractivity contribution is -0.139. The molecule has 55 heavy (non-hydrogen) atoms. The molecule has 0 aliphatic carbocycles. The molecular formula is C38H52F5N4O6PS. The molecule has 2 aromatic heterocycles. The first kappa shape index (κ1) is 47.1. The van der Waals surface area contributed by atoms with E-state index in [1.54, 1.807) is 11.8 Å². The third kappa shape index (κ3) is 13.9. The van der Waals surface area contributed by atoms with Crippen LogP contribution in [0.4, 0.5) is 27.6 Å². The Labute approximate surface area is 326 Å². The second-order valence-electron chi connectivity index (χ2n) is 12.1. The van der Waals surface area contributed by atoms with E-state index in [9.17, 15) is 36.3 Å². The van der Waals surface area contributed by atoms with Crippen LogP contribution in [0.2, 0.25) is 0 Å². The molecule has 2 amide bonds. The average Bonchev–Trinajstić information content (AvgIpc) is 3.63. The van der Waals surface area contributed by atoms with Gasteiger partial charge in [0, 0.05) is 68.2 Å². The first-order chi connectivity index (χ1) is 26.2. The minimum absolute atomic E-state index is 0.0430. The molecule has 3 unspecified atom stereocenters. The first-order valence-corrected chi connectivity index (χ1v) is 19.7. The van der Waals surface area contributed by atoms with E-state index >= 15 is 0 Å². The zero-order valence-corrected chi connectivity index (χ0v) is 33.8. The molecule has 0 spiro atoms. The van der Waals surface area contributed by atoms with Gasteiger partial charge in [0.25, 0.3) is 18.0 Å². The Morgan fingerprint density at radius 3 is 2.20 bits per heavy atom. The number of para-hydroxylation sites is 2. The number of ether oxygens (including phenoxy) is 2. The van der Waals surface area contributed by atoms with E-state index in [0.717, 1.165) is 23.2 Å². The minimum atomic E-state index is -4.33. The molecule has 0 bridgehead atoms. The summed E-state index contributed by atoms with van der Waals surface area (Å²) >= 11 is 0.481. The van der Waals surface area contributed by atoms with Crippen molar-refractivity contribution in [2.24, 2.45) is 5.92 Å². The van der Waals surface area contributed by atoms with Crippen molar-refractivity contribution in [1.29, 1.82) is 0 Å². The maximum Gasteiger partial charge on any atom is 0.425 e. The number of rotatable bonds is 10. The highest BCUT2D eigenvalue weighted by Crippen LogP contribution is 2.39. The molecule has 3 atom stereocenters. The van der Waals surface area contributed by atoms with E-state index < -0.39 is 22.6 Å². The van der Waals surface area contributed by atoms with Gasteiger partial charge in [0.2, 0.25) is 5.91 Å². The van der Waals surface area contributed by atoms with Gasteiger partial charge in [-0.3, -0.25) is 19.4 Å².